The molecule has 0 bridgehead atoms. The standard InChI is InChI=1S/C33H43N3O3/c1-18-9-12-33(28-36-35-20(3)39-28)14-13-32(8)26(25(33)19(18)2)22(37)15-24-30(6)16-21(17-34)27(38)29(4,5)23(30)10-11-31(24,32)7/h15-16,18-19,23,25-26H,9-14H2,1-8H3/t18-,19+,23+,25+,26-,30+,31-,32-,33+/m1/s1. The van der Waals surface area contributed by atoms with Crippen molar-refractivity contribution in [2.45, 2.75) is 99.3 Å². The van der Waals surface area contributed by atoms with E-state index in [0.717, 1.165) is 50.0 Å². The van der Waals surface area contributed by atoms with E-state index in [1.54, 1.807) is 0 Å². The van der Waals surface area contributed by atoms with E-state index in [4.69, 9.17) is 4.42 Å². The Hall–Kier alpha value is -2.55. The Balaban J connectivity index is 1.55. The van der Waals surface area contributed by atoms with E-state index in [2.05, 4.69) is 50.9 Å². The lowest BCUT2D eigenvalue weighted by molar-refractivity contribution is -0.165. The average Bonchev–Trinajstić information content (AvgIpc) is 3.32. The summed E-state index contributed by atoms with van der Waals surface area (Å²) in [4.78, 5) is 27.9. The van der Waals surface area contributed by atoms with Crippen LogP contribution >= 0.6 is 0 Å². The number of fused-ring (bicyclic) bond motifs is 7. The number of nitrogens with zero attached hydrogens (tertiary/aromatic N) is 3. The second-order valence-corrected chi connectivity index (χ2v) is 15.0. The smallest absolute Gasteiger partial charge is 0.222 e. The van der Waals surface area contributed by atoms with Crippen molar-refractivity contribution >= 4 is 11.6 Å². The maximum Gasteiger partial charge on any atom is 0.222 e. The predicted molar refractivity (Wildman–Crippen MR) is 147 cm³/mol. The van der Waals surface area contributed by atoms with Crippen molar-refractivity contribution in [1.82, 2.24) is 10.2 Å². The van der Waals surface area contributed by atoms with Crippen LogP contribution in [0, 0.1) is 69.5 Å². The van der Waals surface area contributed by atoms with Gasteiger partial charge in [-0.25, -0.2) is 0 Å². The fourth-order valence-corrected chi connectivity index (χ4v) is 10.7. The fraction of sp³-hybridized carbons (Fsp3) is 0.727. The Morgan fingerprint density at radius 3 is 2.36 bits per heavy atom. The Morgan fingerprint density at radius 2 is 1.72 bits per heavy atom. The van der Waals surface area contributed by atoms with Crippen molar-refractivity contribution in [3.05, 3.63) is 35.1 Å². The van der Waals surface area contributed by atoms with Crippen LogP contribution in [0.1, 0.15) is 98.8 Å². The van der Waals surface area contributed by atoms with Crippen molar-refractivity contribution in [3.63, 3.8) is 0 Å². The van der Waals surface area contributed by atoms with Crippen LogP contribution in [0.5, 0.6) is 0 Å². The molecule has 5 aliphatic carbocycles. The molecule has 0 amide bonds. The number of hydrogen-bond donors (Lipinski definition) is 0. The first-order chi connectivity index (χ1) is 18.2. The number of aromatic nitrogens is 2. The van der Waals surface area contributed by atoms with E-state index >= 15 is 0 Å². The van der Waals surface area contributed by atoms with Crippen molar-refractivity contribution in [1.29, 1.82) is 5.26 Å². The van der Waals surface area contributed by atoms with Crippen LogP contribution in [0.3, 0.4) is 0 Å². The maximum absolute atomic E-state index is 14.6. The minimum absolute atomic E-state index is 0.0551. The minimum atomic E-state index is -0.650. The number of allylic oxidation sites excluding steroid dienone is 4. The molecule has 0 aromatic carbocycles. The molecule has 3 fully saturated rings. The molecule has 0 radical (unpaired) electrons. The molecule has 1 aromatic rings. The number of Topliss-reactive ketones (excluding diaryl/α,β-unsaturated/α-hetero) is 1. The zero-order valence-electron chi connectivity index (χ0n) is 24.9. The van der Waals surface area contributed by atoms with E-state index in [-0.39, 0.29) is 51.1 Å². The number of hydrogen-bond acceptors (Lipinski definition) is 6. The molecule has 39 heavy (non-hydrogen) atoms. The van der Waals surface area contributed by atoms with Gasteiger partial charge < -0.3 is 4.42 Å². The Morgan fingerprint density at radius 1 is 1.00 bits per heavy atom. The van der Waals surface area contributed by atoms with Gasteiger partial charge in [0.15, 0.2) is 11.6 Å². The lowest BCUT2D eigenvalue weighted by atomic mass is 9.34. The molecular weight excluding hydrogens is 486 g/mol. The summed E-state index contributed by atoms with van der Waals surface area (Å²) >= 11 is 0. The zero-order chi connectivity index (χ0) is 28.3. The van der Waals surface area contributed by atoms with Gasteiger partial charge in [0.2, 0.25) is 11.8 Å². The SMILES string of the molecule is Cc1nnc([C@]23CC[C@@H](C)[C@H](C)[C@H]2[C@H]2C(=O)C=C4[C@@]5(C)C=C(C#N)C(=O)C(C)(C)[C@@H]5CC[C@@]4(C)[C@]2(C)CC3)o1. The quantitative estimate of drug-likeness (QED) is 0.401. The Kier molecular flexibility index (Phi) is 5.48. The number of carbonyl (C=O) groups is 2. The van der Waals surface area contributed by atoms with Gasteiger partial charge in [-0.15, -0.1) is 10.2 Å². The average molecular weight is 530 g/mol. The van der Waals surface area contributed by atoms with Crippen LogP contribution in [0.25, 0.3) is 0 Å². The van der Waals surface area contributed by atoms with Crippen molar-refractivity contribution in [2.24, 2.45) is 51.2 Å². The van der Waals surface area contributed by atoms with Gasteiger partial charge in [0.25, 0.3) is 0 Å². The van der Waals surface area contributed by atoms with Crippen LogP contribution in [0.2, 0.25) is 0 Å². The lowest BCUT2D eigenvalue weighted by Gasteiger charge is -2.69. The van der Waals surface area contributed by atoms with Gasteiger partial charge >= 0.3 is 0 Å². The molecule has 0 saturated heterocycles. The monoisotopic (exact) mass is 529 g/mol. The number of aryl methyl sites for hydroxylation is 1. The first kappa shape index (κ1) is 26.7. The molecule has 6 nitrogen and oxygen atoms in total. The van der Waals surface area contributed by atoms with E-state index in [9.17, 15) is 14.9 Å². The summed E-state index contributed by atoms with van der Waals surface area (Å²) in [6.45, 7) is 17.4. The van der Waals surface area contributed by atoms with Crippen molar-refractivity contribution in [2.75, 3.05) is 0 Å². The molecule has 6 rings (SSSR count). The molecule has 6 heteroatoms. The molecular formula is C33H43N3O3. The summed E-state index contributed by atoms with van der Waals surface area (Å²) in [6, 6.07) is 2.20. The number of ketones is 2. The summed E-state index contributed by atoms with van der Waals surface area (Å²) < 4.78 is 6.17. The normalized spacial score (nSPS) is 46.6. The third-order valence-electron chi connectivity index (χ3n) is 13.2. The van der Waals surface area contributed by atoms with Crippen LogP contribution < -0.4 is 0 Å². The largest absolute Gasteiger partial charge is 0.425 e. The number of rotatable bonds is 1. The molecule has 9 atom stereocenters. The highest BCUT2D eigenvalue weighted by Gasteiger charge is 2.71. The van der Waals surface area contributed by atoms with Gasteiger partial charge in [-0.1, -0.05) is 60.1 Å². The van der Waals surface area contributed by atoms with Crippen LogP contribution in [-0.4, -0.2) is 21.8 Å². The van der Waals surface area contributed by atoms with E-state index in [1.807, 2.05) is 32.9 Å². The first-order valence-electron chi connectivity index (χ1n) is 14.9. The molecule has 0 spiro atoms. The Labute approximate surface area is 232 Å². The highest BCUT2D eigenvalue weighted by atomic mass is 16.4. The predicted octanol–water partition coefficient (Wildman–Crippen LogP) is 6.70. The van der Waals surface area contributed by atoms with Crippen molar-refractivity contribution < 1.29 is 14.0 Å². The van der Waals surface area contributed by atoms with Gasteiger partial charge in [0.1, 0.15) is 6.07 Å². The minimum Gasteiger partial charge on any atom is -0.425 e. The summed E-state index contributed by atoms with van der Waals surface area (Å²) in [5, 5.41) is 18.7. The van der Waals surface area contributed by atoms with Gasteiger partial charge in [-0.2, -0.15) is 5.26 Å². The van der Waals surface area contributed by atoms with Gasteiger partial charge in [-0.05, 0) is 79.1 Å². The summed E-state index contributed by atoms with van der Waals surface area (Å²) in [7, 11) is 0. The number of nitriles is 1. The second kappa shape index (κ2) is 8.02. The summed E-state index contributed by atoms with van der Waals surface area (Å²) in [6.07, 6.45) is 9.65. The molecule has 5 aliphatic rings. The maximum atomic E-state index is 14.6. The van der Waals surface area contributed by atoms with E-state index in [1.165, 1.54) is 0 Å². The second-order valence-electron chi connectivity index (χ2n) is 15.0. The van der Waals surface area contributed by atoms with Crippen LogP contribution in [-0.2, 0) is 15.0 Å². The lowest BCUT2D eigenvalue weighted by Crippen LogP contribution is -2.66. The molecule has 0 unspecified atom stereocenters. The molecule has 1 heterocycles. The summed E-state index contributed by atoms with van der Waals surface area (Å²) in [5.74, 6) is 2.36. The highest BCUT2D eigenvalue weighted by molar-refractivity contribution is 6.04. The molecule has 1 aromatic heterocycles. The van der Waals surface area contributed by atoms with Gasteiger partial charge in [-0.3, -0.25) is 9.59 Å². The topological polar surface area (TPSA) is 96.9 Å². The van der Waals surface area contributed by atoms with E-state index in [0.29, 0.717) is 17.7 Å². The molecule has 208 valence electrons. The van der Waals surface area contributed by atoms with Crippen LogP contribution in [0.4, 0.5) is 0 Å². The van der Waals surface area contributed by atoms with Gasteiger partial charge in [0, 0.05) is 23.7 Å². The Bertz CT molecular complexity index is 1380. The fourth-order valence-electron chi connectivity index (χ4n) is 10.7. The molecule has 0 N–H and O–H groups in total. The third-order valence-corrected chi connectivity index (χ3v) is 13.2. The van der Waals surface area contributed by atoms with Crippen LogP contribution in [0.15, 0.2) is 27.7 Å². The summed E-state index contributed by atoms with van der Waals surface area (Å²) in [5.41, 5.74) is -0.521. The van der Waals surface area contributed by atoms with E-state index < -0.39 is 10.8 Å². The number of carbonyl (C=O) groups excluding carboxylic acids is 2. The zero-order valence-corrected chi connectivity index (χ0v) is 24.9. The van der Waals surface area contributed by atoms with Crippen molar-refractivity contribution in [3.8, 4) is 6.07 Å². The molecule has 0 aliphatic heterocycles. The molecule has 3 saturated carbocycles. The highest BCUT2D eigenvalue weighted by Crippen LogP contribution is 2.74. The first-order valence-corrected chi connectivity index (χ1v) is 14.9. The third kappa shape index (κ3) is 3.08. The van der Waals surface area contributed by atoms with Gasteiger partial charge in [0.05, 0.1) is 11.0 Å².